The Morgan fingerprint density at radius 2 is 1.29 bits per heavy atom. The molecule has 0 bridgehead atoms. The first kappa shape index (κ1) is 35.5. The number of carbonyl (C=O) groups is 4. The van der Waals surface area contributed by atoms with Crippen molar-refractivity contribution in [2.75, 3.05) is 6.54 Å². The summed E-state index contributed by atoms with van der Waals surface area (Å²) in [6.45, 7) is 3.97. The van der Waals surface area contributed by atoms with E-state index >= 15 is 0 Å². The SMILES string of the molecule is CCC(C)C(N)C(=O)NC(CCCN=C(N)N)C(=O)NC(Cc1c[nH]c2ccccc12)C(=O)NC(Cc1c[nH]c2ccccc12)C(=O)O. The molecular formula is C34H45N9O5. The molecule has 14 nitrogen and oxygen atoms in total. The molecule has 0 spiro atoms. The third-order valence-electron chi connectivity index (χ3n) is 8.58. The zero-order chi connectivity index (χ0) is 34.8. The summed E-state index contributed by atoms with van der Waals surface area (Å²) >= 11 is 0. The minimum Gasteiger partial charge on any atom is -0.480 e. The van der Waals surface area contributed by atoms with E-state index in [1.807, 2.05) is 62.4 Å². The number of hydrogen-bond donors (Lipinski definition) is 9. The van der Waals surface area contributed by atoms with E-state index in [-0.39, 0.29) is 37.7 Å². The smallest absolute Gasteiger partial charge is 0.326 e. The highest BCUT2D eigenvalue weighted by Gasteiger charge is 2.32. The number of nitrogens with one attached hydrogen (secondary N) is 5. The standard InChI is InChI=1S/C34H45N9O5/c1-3-19(2)29(35)32(46)41-26(13-8-14-38-34(36)37)30(44)42-27(15-20-17-39-24-11-6-4-9-22(20)24)31(45)43-28(33(47)48)16-21-18-40-25-12-7-5-10-23(21)25/h4-7,9-12,17-19,26-29,39-40H,3,8,13-16,35H2,1-2H3,(H,41,46)(H,42,44)(H,43,45)(H,47,48)(H4,36,37,38). The number of aliphatic carboxylic acids is 1. The van der Waals surface area contributed by atoms with E-state index in [1.165, 1.54) is 0 Å². The van der Waals surface area contributed by atoms with Crippen LogP contribution in [0.4, 0.5) is 0 Å². The Kier molecular flexibility index (Phi) is 12.2. The van der Waals surface area contributed by atoms with Crippen LogP contribution in [0, 0.1) is 5.92 Å². The largest absolute Gasteiger partial charge is 0.480 e. The summed E-state index contributed by atoms with van der Waals surface area (Å²) in [7, 11) is 0. The number of hydrogen-bond acceptors (Lipinski definition) is 6. The monoisotopic (exact) mass is 659 g/mol. The zero-order valence-corrected chi connectivity index (χ0v) is 27.2. The van der Waals surface area contributed by atoms with E-state index in [0.29, 0.717) is 12.8 Å². The molecule has 0 aliphatic rings. The van der Waals surface area contributed by atoms with Crippen LogP contribution in [0.15, 0.2) is 65.9 Å². The zero-order valence-electron chi connectivity index (χ0n) is 27.2. The summed E-state index contributed by atoms with van der Waals surface area (Å²) in [5.74, 6) is -3.30. The van der Waals surface area contributed by atoms with Crippen LogP contribution in [0.5, 0.6) is 0 Å². The number of carboxylic acids is 1. The molecule has 2 heterocycles. The maximum absolute atomic E-state index is 13.9. The van der Waals surface area contributed by atoms with Crippen molar-refractivity contribution >= 4 is 51.5 Å². The number of para-hydroxylation sites is 2. The molecule has 0 saturated carbocycles. The van der Waals surface area contributed by atoms with E-state index in [4.69, 9.17) is 17.2 Å². The first-order valence-electron chi connectivity index (χ1n) is 16.0. The van der Waals surface area contributed by atoms with Gasteiger partial charge >= 0.3 is 5.97 Å². The summed E-state index contributed by atoms with van der Waals surface area (Å²) in [5.41, 5.74) is 20.2. The van der Waals surface area contributed by atoms with Gasteiger partial charge in [-0.05, 0) is 42.0 Å². The number of fused-ring (bicyclic) bond motifs is 2. The molecular weight excluding hydrogens is 614 g/mol. The van der Waals surface area contributed by atoms with Crippen molar-refractivity contribution in [2.24, 2.45) is 28.1 Å². The number of aromatic nitrogens is 2. The van der Waals surface area contributed by atoms with Crippen LogP contribution in [0.3, 0.4) is 0 Å². The molecule has 12 N–H and O–H groups in total. The normalized spacial score (nSPS) is 14.4. The highest BCUT2D eigenvalue weighted by Crippen LogP contribution is 2.21. The number of carbonyl (C=O) groups excluding carboxylic acids is 3. The predicted octanol–water partition coefficient (Wildman–Crippen LogP) is 1.40. The van der Waals surface area contributed by atoms with Gasteiger partial charge in [0.15, 0.2) is 5.96 Å². The Labute approximate surface area is 278 Å². The van der Waals surface area contributed by atoms with E-state index < -0.39 is 47.9 Å². The molecule has 5 unspecified atom stereocenters. The summed E-state index contributed by atoms with van der Waals surface area (Å²) in [6.07, 6.45) is 4.68. The average molecular weight is 660 g/mol. The molecule has 4 aromatic rings. The number of guanidine groups is 1. The van der Waals surface area contributed by atoms with Crippen molar-refractivity contribution in [1.82, 2.24) is 25.9 Å². The first-order chi connectivity index (χ1) is 23.0. The summed E-state index contributed by atoms with van der Waals surface area (Å²) < 4.78 is 0. The fraction of sp³-hybridized carbons (Fsp3) is 0.382. The Bertz CT molecular complexity index is 1760. The van der Waals surface area contributed by atoms with Crippen molar-refractivity contribution in [3.63, 3.8) is 0 Å². The number of H-pyrrole nitrogens is 2. The minimum atomic E-state index is -1.29. The van der Waals surface area contributed by atoms with Gasteiger partial charge in [0.2, 0.25) is 17.7 Å². The van der Waals surface area contributed by atoms with Gasteiger partial charge in [-0.3, -0.25) is 19.4 Å². The Balaban J connectivity index is 1.59. The highest BCUT2D eigenvalue weighted by atomic mass is 16.4. The van der Waals surface area contributed by atoms with E-state index in [9.17, 15) is 24.3 Å². The van der Waals surface area contributed by atoms with Gasteiger partial charge in [-0.2, -0.15) is 0 Å². The highest BCUT2D eigenvalue weighted by molar-refractivity contribution is 5.95. The molecule has 2 aromatic heterocycles. The second kappa shape index (κ2) is 16.5. The number of rotatable bonds is 17. The average Bonchev–Trinajstić information content (AvgIpc) is 3.68. The van der Waals surface area contributed by atoms with Crippen molar-refractivity contribution in [3.05, 3.63) is 72.1 Å². The van der Waals surface area contributed by atoms with Crippen LogP contribution < -0.4 is 33.2 Å². The number of nitrogens with zero attached hydrogens (tertiary/aromatic N) is 1. The predicted molar refractivity (Wildman–Crippen MR) is 185 cm³/mol. The van der Waals surface area contributed by atoms with E-state index in [1.54, 1.807) is 12.4 Å². The molecule has 3 amide bonds. The molecule has 256 valence electrons. The van der Waals surface area contributed by atoms with Crippen LogP contribution >= 0.6 is 0 Å². The topological polar surface area (TPSA) is 247 Å². The van der Waals surface area contributed by atoms with Crippen LogP contribution in [0.2, 0.25) is 0 Å². The second-order valence-electron chi connectivity index (χ2n) is 12.0. The van der Waals surface area contributed by atoms with Gasteiger partial charge in [-0.25, -0.2) is 4.79 Å². The molecule has 0 aliphatic carbocycles. The van der Waals surface area contributed by atoms with Gasteiger partial charge in [0.1, 0.15) is 18.1 Å². The molecule has 0 radical (unpaired) electrons. The second-order valence-corrected chi connectivity index (χ2v) is 12.0. The molecule has 2 aromatic carbocycles. The van der Waals surface area contributed by atoms with Crippen LogP contribution in [-0.4, -0.2) is 75.4 Å². The lowest BCUT2D eigenvalue weighted by Crippen LogP contribution is -2.58. The molecule has 4 rings (SSSR count). The summed E-state index contributed by atoms with van der Waals surface area (Å²) in [5, 5.41) is 20.0. The lowest BCUT2D eigenvalue weighted by atomic mass is 9.98. The molecule has 0 fully saturated rings. The molecule has 0 aliphatic heterocycles. The van der Waals surface area contributed by atoms with Crippen molar-refractivity contribution in [3.8, 4) is 0 Å². The number of benzene rings is 2. The molecule has 0 saturated heterocycles. The lowest BCUT2D eigenvalue weighted by molar-refractivity contribution is -0.142. The van der Waals surface area contributed by atoms with Gasteiger partial charge in [-0.15, -0.1) is 0 Å². The van der Waals surface area contributed by atoms with Gasteiger partial charge in [-0.1, -0.05) is 56.7 Å². The van der Waals surface area contributed by atoms with Crippen molar-refractivity contribution in [2.45, 2.75) is 70.1 Å². The fourth-order valence-corrected chi connectivity index (χ4v) is 5.55. The third-order valence-corrected chi connectivity index (χ3v) is 8.58. The van der Waals surface area contributed by atoms with Crippen molar-refractivity contribution in [1.29, 1.82) is 0 Å². The molecule has 5 atom stereocenters. The van der Waals surface area contributed by atoms with Crippen LogP contribution in [-0.2, 0) is 32.0 Å². The van der Waals surface area contributed by atoms with E-state index in [0.717, 1.165) is 32.9 Å². The van der Waals surface area contributed by atoms with Crippen molar-refractivity contribution < 1.29 is 24.3 Å². The van der Waals surface area contributed by atoms with Gasteiger partial charge in [0.25, 0.3) is 0 Å². The lowest BCUT2D eigenvalue weighted by Gasteiger charge is -2.26. The number of amides is 3. The number of nitrogens with two attached hydrogens (primary N) is 3. The molecule has 14 heteroatoms. The van der Waals surface area contributed by atoms with Gasteiger partial charge in [0.05, 0.1) is 6.04 Å². The Morgan fingerprint density at radius 1 is 0.792 bits per heavy atom. The quantitative estimate of drug-likeness (QED) is 0.0454. The third kappa shape index (κ3) is 9.12. The molecule has 48 heavy (non-hydrogen) atoms. The van der Waals surface area contributed by atoms with Crippen LogP contribution in [0.1, 0.15) is 44.2 Å². The Morgan fingerprint density at radius 3 is 1.83 bits per heavy atom. The maximum Gasteiger partial charge on any atom is 0.326 e. The fourth-order valence-electron chi connectivity index (χ4n) is 5.55. The number of aromatic amines is 2. The van der Waals surface area contributed by atoms with Gasteiger partial charge < -0.3 is 48.2 Å². The number of carboxylic acid groups (broad SMARTS) is 1. The van der Waals surface area contributed by atoms with Gasteiger partial charge in [0, 0.05) is 53.6 Å². The first-order valence-corrected chi connectivity index (χ1v) is 16.0. The summed E-state index contributed by atoms with van der Waals surface area (Å²) in [4.78, 5) is 63.4. The summed E-state index contributed by atoms with van der Waals surface area (Å²) in [6, 6.07) is 10.6. The number of aliphatic imine (C=N–C) groups is 1. The maximum atomic E-state index is 13.9. The van der Waals surface area contributed by atoms with Crippen LogP contribution in [0.25, 0.3) is 21.8 Å². The minimum absolute atomic E-state index is 0.00974. The van der Waals surface area contributed by atoms with E-state index in [2.05, 4.69) is 30.9 Å². The Hall–Kier alpha value is -5.37.